The number of nitrogens with two attached hydrogens (primary N) is 1. The van der Waals surface area contributed by atoms with Crippen molar-refractivity contribution in [1.29, 1.82) is 0 Å². The second kappa shape index (κ2) is 6.78. The zero-order valence-corrected chi connectivity index (χ0v) is 13.9. The molecule has 2 aromatic heterocycles. The minimum absolute atomic E-state index is 0. The van der Waals surface area contributed by atoms with Gasteiger partial charge in [-0.25, -0.2) is 28.3 Å². The van der Waals surface area contributed by atoms with Crippen LogP contribution in [0.5, 0.6) is 0 Å². The third kappa shape index (κ3) is 3.05. The number of rotatable bonds is 2. The summed E-state index contributed by atoms with van der Waals surface area (Å²) in [6, 6.07) is 9.90. The molecule has 0 aliphatic rings. The minimum atomic E-state index is -0.781. The van der Waals surface area contributed by atoms with E-state index in [4.69, 9.17) is 12.3 Å². The van der Waals surface area contributed by atoms with Gasteiger partial charge in [-0.1, -0.05) is 12.1 Å². The van der Waals surface area contributed by atoms with Gasteiger partial charge in [-0.15, -0.1) is 0 Å². The van der Waals surface area contributed by atoms with Gasteiger partial charge in [-0.05, 0) is 24.3 Å². The van der Waals surface area contributed by atoms with Gasteiger partial charge in [0.15, 0.2) is 17.2 Å². The average molecular weight is 365 g/mol. The van der Waals surface area contributed by atoms with Crippen LogP contribution in [0, 0.1) is 18.2 Å². The number of halogens is 2. The van der Waals surface area contributed by atoms with Gasteiger partial charge >= 0.3 is 0 Å². The number of nitrogen functional groups attached to an aromatic ring is 1. The molecule has 4 rings (SSSR count). The van der Waals surface area contributed by atoms with E-state index in [0.29, 0.717) is 22.4 Å². The summed E-state index contributed by atoms with van der Waals surface area (Å²) in [6.45, 7) is 7.01. The predicted molar refractivity (Wildman–Crippen MR) is 97.7 cm³/mol. The van der Waals surface area contributed by atoms with Crippen LogP contribution in [0.1, 0.15) is 0 Å². The molecule has 0 aliphatic heterocycles. The van der Waals surface area contributed by atoms with Crippen molar-refractivity contribution in [3.8, 4) is 17.1 Å². The Morgan fingerprint density at radius 1 is 1.04 bits per heavy atom. The molecule has 0 fully saturated rings. The molecule has 4 aromatic rings. The monoisotopic (exact) mass is 365 g/mol. The van der Waals surface area contributed by atoms with E-state index in [9.17, 15) is 8.78 Å². The van der Waals surface area contributed by atoms with E-state index in [1.807, 2.05) is 0 Å². The quantitative estimate of drug-likeness (QED) is 0.521. The molecule has 0 atom stereocenters. The van der Waals surface area contributed by atoms with Crippen LogP contribution in [0.2, 0.25) is 0 Å². The lowest BCUT2D eigenvalue weighted by atomic mass is 10.2. The number of fused-ring (bicyclic) bond motifs is 1. The van der Waals surface area contributed by atoms with E-state index in [-0.39, 0.29) is 23.4 Å². The molecule has 0 spiro atoms. The zero-order valence-electron chi connectivity index (χ0n) is 13.9. The van der Waals surface area contributed by atoms with Crippen molar-refractivity contribution in [2.45, 2.75) is 0 Å². The summed E-state index contributed by atoms with van der Waals surface area (Å²) in [7, 11) is 0. The first kappa shape index (κ1) is 17.9. The summed E-state index contributed by atoms with van der Waals surface area (Å²) in [5, 5.41) is 4.76. The molecule has 27 heavy (non-hydrogen) atoms. The smallest absolute Gasteiger partial charge is 0.187 e. The first-order chi connectivity index (χ1) is 12.6. The second-order valence-electron chi connectivity index (χ2n) is 5.48. The number of hydrogen-bond donors (Lipinski definition) is 2. The Bertz CT molecular complexity index is 1180. The van der Waals surface area contributed by atoms with Gasteiger partial charge in [0.25, 0.3) is 0 Å². The lowest BCUT2D eigenvalue weighted by Gasteiger charge is -2.07. The Morgan fingerprint density at radius 2 is 1.78 bits per heavy atom. The number of anilines is 1. The number of benzene rings is 2. The summed E-state index contributed by atoms with van der Waals surface area (Å²) >= 11 is 0. The first-order valence-electron chi connectivity index (χ1n) is 7.51. The molecule has 0 saturated heterocycles. The predicted octanol–water partition coefficient (Wildman–Crippen LogP) is 4.06. The van der Waals surface area contributed by atoms with Crippen molar-refractivity contribution < 1.29 is 8.78 Å². The van der Waals surface area contributed by atoms with E-state index in [1.54, 1.807) is 24.3 Å². The molecule has 0 amide bonds. The van der Waals surface area contributed by atoms with Crippen molar-refractivity contribution in [2.75, 3.05) is 5.73 Å². The highest BCUT2D eigenvalue weighted by molar-refractivity contribution is 5.88. The normalized spacial score (nSPS) is 10.4. The third-order valence-corrected chi connectivity index (χ3v) is 3.85. The fraction of sp³-hybridized carbons (Fsp3) is 0. The van der Waals surface area contributed by atoms with Crippen LogP contribution in [0.3, 0.4) is 0 Å². The third-order valence-electron chi connectivity index (χ3n) is 3.85. The Kier molecular flexibility index (Phi) is 4.50. The van der Waals surface area contributed by atoms with E-state index in [1.165, 1.54) is 16.9 Å². The molecule has 0 unspecified atom stereocenters. The molecule has 0 bridgehead atoms. The molecule has 7 nitrogen and oxygen atoms in total. The van der Waals surface area contributed by atoms with Crippen molar-refractivity contribution in [3.63, 3.8) is 0 Å². The van der Waals surface area contributed by atoms with Crippen molar-refractivity contribution in [2.24, 2.45) is 0 Å². The van der Waals surface area contributed by atoms with Gasteiger partial charge in [0.1, 0.15) is 17.5 Å². The van der Waals surface area contributed by atoms with Gasteiger partial charge in [0.2, 0.25) is 0 Å². The highest BCUT2D eigenvalue weighted by atomic mass is 19.1. The molecule has 2 aromatic carbocycles. The SMILES string of the molecule is N.[C-]#[N+]c1ccc(-n2ncc3c(N)nc(-c4ccc(F)cc4F)nc32)cc1. The van der Waals surface area contributed by atoms with Gasteiger partial charge in [-0.3, -0.25) is 0 Å². The van der Waals surface area contributed by atoms with Crippen LogP contribution in [0.4, 0.5) is 20.3 Å². The van der Waals surface area contributed by atoms with Gasteiger partial charge in [-0.2, -0.15) is 5.10 Å². The first-order valence-corrected chi connectivity index (χ1v) is 7.51. The van der Waals surface area contributed by atoms with Gasteiger partial charge in [0.05, 0.1) is 29.4 Å². The molecular weight excluding hydrogens is 352 g/mol. The fourth-order valence-corrected chi connectivity index (χ4v) is 2.58. The van der Waals surface area contributed by atoms with Crippen LogP contribution >= 0.6 is 0 Å². The summed E-state index contributed by atoms with van der Waals surface area (Å²) in [4.78, 5) is 11.8. The Labute approximate surface area is 152 Å². The number of nitrogens with zero attached hydrogens (tertiary/aromatic N) is 5. The maximum atomic E-state index is 14.1. The Morgan fingerprint density at radius 3 is 2.44 bits per heavy atom. The lowest BCUT2D eigenvalue weighted by Crippen LogP contribution is -2.02. The molecule has 134 valence electrons. The van der Waals surface area contributed by atoms with Crippen molar-refractivity contribution >= 4 is 22.5 Å². The fourth-order valence-electron chi connectivity index (χ4n) is 2.58. The molecule has 2 heterocycles. The maximum absolute atomic E-state index is 14.1. The van der Waals surface area contributed by atoms with Crippen LogP contribution in [0.15, 0.2) is 48.7 Å². The number of aromatic nitrogens is 4. The molecule has 0 radical (unpaired) electrons. The summed E-state index contributed by atoms with van der Waals surface area (Å²) in [5.74, 6) is -1.30. The molecular formula is C18H13F2N7. The highest BCUT2D eigenvalue weighted by Crippen LogP contribution is 2.27. The molecule has 5 N–H and O–H groups in total. The van der Waals surface area contributed by atoms with Gasteiger partial charge in [0, 0.05) is 6.07 Å². The van der Waals surface area contributed by atoms with Crippen LogP contribution in [-0.2, 0) is 0 Å². The Hall–Kier alpha value is -3.90. The standard InChI is InChI=1S/C18H10F2N6.H3N/c1-22-11-3-5-12(6-4-11)26-18-14(9-23-26)16(21)24-17(25-18)13-7-2-10(19)8-15(13)20;/h2-9H,(H2,21,24,25);1H3. The Balaban J connectivity index is 0.00000210. The van der Waals surface area contributed by atoms with Crippen molar-refractivity contribution in [1.82, 2.24) is 25.9 Å². The summed E-state index contributed by atoms with van der Waals surface area (Å²) in [5.41, 5.74) is 7.55. The maximum Gasteiger partial charge on any atom is 0.187 e. The zero-order chi connectivity index (χ0) is 18.3. The topological polar surface area (TPSA) is 109 Å². The van der Waals surface area contributed by atoms with Gasteiger partial charge < -0.3 is 11.9 Å². The van der Waals surface area contributed by atoms with E-state index >= 15 is 0 Å². The molecule has 9 heteroatoms. The lowest BCUT2D eigenvalue weighted by molar-refractivity contribution is 0.585. The second-order valence-corrected chi connectivity index (χ2v) is 5.48. The molecule has 0 aliphatic carbocycles. The van der Waals surface area contributed by atoms with Crippen LogP contribution < -0.4 is 11.9 Å². The van der Waals surface area contributed by atoms with Crippen LogP contribution in [-0.4, -0.2) is 19.7 Å². The molecule has 0 saturated carbocycles. The number of hydrogen-bond acceptors (Lipinski definition) is 5. The summed E-state index contributed by atoms with van der Waals surface area (Å²) in [6.07, 6.45) is 1.51. The minimum Gasteiger partial charge on any atom is -0.383 e. The average Bonchev–Trinajstić information content (AvgIpc) is 3.06. The largest absolute Gasteiger partial charge is 0.383 e. The van der Waals surface area contributed by atoms with E-state index in [0.717, 1.165) is 12.1 Å². The van der Waals surface area contributed by atoms with E-state index in [2.05, 4.69) is 19.9 Å². The highest BCUT2D eigenvalue weighted by Gasteiger charge is 2.16. The van der Waals surface area contributed by atoms with Crippen LogP contribution in [0.25, 0.3) is 33.0 Å². The van der Waals surface area contributed by atoms with Crippen molar-refractivity contribution in [3.05, 3.63) is 71.7 Å². The summed E-state index contributed by atoms with van der Waals surface area (Å²) < 4.78 is 28.8. The van der Waals surface area contributed by atoms with E-state index < -0.39 is 11.6 Å².